The lowest BCUT2D eigenvalue weighted by atomic mass is 10.2. The zero-order valence-electron chi connectivity index (χ0n) is 10.2. The summed E-state index contributed by atoms with van der Waals surface area (Å²) >= 11 is 1.72. The molecule has 1 aromatic heterocycles. The van der Waals surface area contributed by atoms with E-state index < -0.39 is 0 Å². The van der Waals surface area contributed by atoms with Crippen molar-refractivity contribution in [1.29, 1.82) is 0 Å². The van der Waals surface area contributed by atoms with E-state index in [4.69, 9.17) is 5.73 Å². The van der Waals surface area contributed by atoms with Gasteiger partial charge in [0.2, 0.25) is 0 Å². The number of nitrogens with zero attached hydrogens (tertiary/aromatic N) is 2. The van der Waals surface area contributed by atoms with Gasteiger partial charge in [-0.1, -0.05) is 0 Å². The Hall–Kier alpha value is -1.39. The fraction of sp³-hybridized carbons (Fsp3) is 0.308. The topological polar surface area (TPSA) is 42.2 Å². The van der Waals surface area contributed by atoms with Gasteiger partial charge in [-0.25, -0.2) is 4.98 Å². The van der Waals surface area contributed by atoms with Crippen molar-refractivity contribution in [3.8, 4) is 10.6 Å². The van der Waals surface area contributed by atoms with E-state index in [9.17, 15) is 0 Å². The van der Waals surface area contributed by atoms with Gasteiger partial charge in [0.15, 0.2) is 0 Å². The third kappa shape index (κ3) is 2.84. The lowest BCUT2D eigenvalue weighted by molar-refractivity contribution is 0.984. The van der Waals surface area contributed by atoms with Crippen LogP contribution >= 0.6 is 11.3 Å². The molecule has 0 atom stereocenters. The van der Waals surface area contributed by atoms with Crippen LogP contribution in [0.5, 0.6) is 0 Å². The Morgan fingerprint density at radius 3 is 2.53 bits per heavy atom. The first kappa shape index (κ1) is 12.1. The highest BCUT2D eigenvalue weighted by atomic mass is 32.1. The second kappa shape index (κ2) is 5.29. The Morgan fingerprint density at radius 2 is 1.94 bits per heavy atom. The van der Waals surface area contributed by atoms with E-state index in [1.54, 1.807) is 11.3 Å². The van der Waals surface area contributed by atoms with Gasteiger partial charge in [-0.2, -0.15) is 0 Å². The molecule has 4 heteroatoms. The van der Waals surface area contributed by atoms with E-state index >= 15 is 0 Å². The zero-order valence-corrected chi connectivity index (χ0v) is 11.0. The highest BCUT2D eigenvalue weighted by molar-refractivity contribution is 7.15. The molecule has 2 aromatic rings. The molecule has 3 nitrogen and oxygen atoms in total. The fourth-order valence-electron chi connectivity index (χ4n) is 1.60. The van der Waals surface area contributed by atoms with Gasteiger partial charge in [-0.05, 0) is 37.2 Å². The summed E-state index contributed by atoms with van der Waals surface area (Å²) in [5, 5.41) is 1.07. The van der Waals surface area contributed by atoms with Gasteiger partial charge < -0.3 is 10.6 Å². The van der Waals surface area contributed by atoms with Crippen molar-refractivity contribution in [3.05, 3.63) is 35.3 Å². The molecular formula is C13H17N3S. The maximum Gasteiger partial charge on any atom is 0.123 e. The van der Waals surface area contributed by atoms with Gasteiger partial charge >= 0.3 is 0 Å². The average molecular weight is 247 g/mol. The average Bonchev–Trinajstić information content (AvgIpc) is 2.78. The predicted molar refractivity (Wildman–Crippen MR) is 74.6 cm³/mol. The standard InChI is InChI=1S/C13H17N3S/c1-16(2)11-5-3-10(4-6-11)13-15-9-12(17-13)7-8-14/h3-6,9H,7-8,14H2,1-2H3. The monoisotopic (exact) mass is 247 g/mol. The molecule has 0 bridgehead atoms. The molecule has 0 spiro atoms. The minimum absolute atomic E-state index is 0.682. The maximum absolute atomic E-state index is 5.54. The minimum atomic E-state index is 0.682. The highest BCUT2D eigenvalue weighted by Crippen LogP contribution is 2.26. The SMILES string of the molecule is CN(C)c1ccc(-c2ncc(CCN)s2)cc1. The quantitative estimate of drug-likeness (QED) is 0.902. The molecule has 0 saturated carbocycles. The van der Waals surface area contributed by atoms with Crippen molar-refractivity contribution < 1.29 is 0 Å². The molecule has 0 aliphatic rings. The van der Waals surface area contributed by atoms with E-state index in [0.717, 1.165) is 11.4 Å². The Labute approximate surface area is 106 Å². The number of nitrogens with two attached hydrogens (primary N) is 1. The molecule has 1 heterocycles. The van der Waals surface area contributed by atoms with Crippen LogP contribution < -0.4 is 10.6 Å². The molecule has 2 rings (SSSR count). The first-order chi connectivity index (χ1) is 8.20. The van der Waals surface area contributed by atoms with E-state index in [1.807, 2.05) is 20.3 Å². The molecule has 0 saturated heterocycles. The number of benzene rings is 1. The van der Waals surface area contributed by atoms with Crippen molar-refractivity contribution in [2.45, 2.75) is 6.42 Å². The normalized spacial score (nSPS) is 10.5. The summed E-state index contributed by atoms with van der Waals surface area (Å²) in [6.07, 6.45) is 2.83. The van der Waals surface area contributed by atoms with E-state index in [2.05, 4.69) is 34.1 Å². The van der Waals surface area contributed by atoms with Gasteiger partial charge in [0, 0.05) is 36.4 Å². The Balaban J connectivity index is 2.21. The first-order valence-electron chi connectivity index (χ1n) is 5.63. The lowest BCUT2D eigenvalue weighted by Gasteiger charge is -2.11. The van der Waals surface area contributed by atoms with Gasteiger partial charge in [-0.15, -0.1) is 11.3 Å². The smallest absolute Gasteiger partial charge is 0.123 e. The summed E-state index contributed by atoms with van der Waals surface area (Å²) in [5.41, 5.74) is 7.91. The van der Waals surface area contributed by atoms with Crippen molar-refractivity contribution in [1.82, 2.24) is 4.98 Å². The van der Waals surface area contributed by atoms with Gasteiger partial charge in [-0.3, -0.25) is 0 Å². The van der Waals surface area contributed by atoms with Crippen molar-refractivity contribution in [2.24, 2.45) is 5.73 Å². The van der Waals surface area contributed by atoms with Crippen LogP contribution in [0, 0.1) is 0 Å². The predicted octanol–water partition coefficient (Wildman–Crippen LogP) is 2.38. The maximum atomic E-state index is 5.54. The molecule has 1 aromatic carbocycles. The summed E-state index contributed by atoms with van der Waals surface area (Å²) in [6, 6.07) is 8.44. The molecule has 0 fully saturated rings. The third-order valence-corrected chi connectivity index (χ3v) is 3.68. The largest absolute Gasteiger partial charge is 0.378 e. The molecule has 0 aliphatic carbocycles. The van der Waals surface area contributed by atoms with Crippen molar-refractivity contribution in [3.63, 3.8) is 0 Å². The van der Waals surface area contributed by atoms with E-state index in [0.29, 0.717) is 6.54 Å². The molecule has 0 radical (unpaired) electrons. The van der Waals surface area contributed by atoms with Crippen LogP contribution in [0.25, 0.3) is 10.6 Å². The number of aromatic nitrogens is 1. The van der Waals surface area contributed by atoms with Crippen LogP contribution in [0.2, 0.25) is 0 Å². The number of hydrogen-bond donors (Lipinski definition) is 1. The van der Waals surface area contributed by atoms with Crippen LogP contribution in [0.3, 0.4) is 0 Å². The van der Waals surface area contributed by atoms with E-state index in [-0.39, 0.29) is 0 Å². The first-order valence-corrected chi connectivity index (χ1v) is 6.45. The third-order valence-electron chi connectivity index (χ3n) is 2.57. The second-order valence-electron chi connectivity index (χ2n) is 4.11. The molecule has 90 valence electrons. The Kier molecular flexibility index (Phi) is 3.76. The number of anilines is 1. The summed E-state index contributed by atoms with van der Waals surface area (Å²) in [6.45, 7) is 0.682. The summed E-state index contributed by atoms with van der Waals surface area (Å²) in [4.78, 5) is 7.77. The molecule has 17 heavy (non-hydrogen) atoms. The van der Waals surface area contributed by atoms with Crippen molar-refractivity contribution >= 4 is 17.0 Å². The summed E-state index contributed by atoms with van der Waals surface area (Å²) < 4.78 is 0. The lowest BCUT2D eigenvalue weighted by Crippen LogP contribution is -2.07. The van der Waals surface area contributed by atoms with Crippen LogP contribution in [0.4, 0.5) is 5.69 Å². The zero-order chi connectivity index (χ0) is 12.3. The van der Waals surface area contributed by atoms with Gasteiger partial charge in [0.25, 0.3) is 0 Å². The van der Waals surface area contributed by atoms with Crippen LogP contribution in [-0.4, -0.2) is 25.6 Å². The Morgan fingerprint density at radius 1 is 1.24 bits per heavy atom. The highest BCUT2D eigenvalue weighted by Gasteiger charge is 2.04. The molecule has 2 N–H and O–H groups in total. The molecule has 0 unspecified atom stereocenters. The number of thiazole rings is 1. The molecule has 0 amide bonds. The van der Waals surface area contributed by atoms with Crippen LogP contribution in [-0.2, 0) is 6.42 Å². The number of hydrogen-bond acceptors (Lipinski definition) is 4. The Bertz CT molecular complexity index is 474. The second-order valence-corrected chi connectivity index (χ2v) is 5.23. The van der Waals surface area contributed by atoms with Crippen molar-refractivity contribution in [2.75, 3.05) is 25.5 Å². The van der Waals surface area contributed by atoms with Crippen LogP contribution in [0.1, 0.15) is 4.88 Å². The number of rotatable bonds is 4. The molecule has 0 aliphatic heterocycles. The van der Waals surface area contributed by atoms with E-state index in [1.165, 1.54) is 16.1 Å². The summed E-state index contributed by atoms with van der Waals surface area (Å²) in [5.74, 6) is 0. The van der Waals surface area contributed by atoms with Gasteiger partial charge in [0.1, 0.15) is 5.01 Å². The molecular weight excluding hydrogens is 230 g/mol. The fourth-order valence-corrected chi connectivity index (χ4v) is 2.53. The summed E-state index contributed by atoms with van der Waals surface area (Å²) in [7, 11) is 4.08. The van der Waals surface area contributed by atoms with Gasteiger partial charge in [0.05, 0.1) is 0 Å². The van der Waals surface area contributed by atoms with Crippen LogP contribution in [0.15, 0.2) is 30.5 Å². The minimum Gasteiger partial charge on any atom is -0.378 e.